The van der Waals surface area contributed by atoms with E-state index in [4.69, 9.17) is 10.00 Å². The first-order valence-corrected chi connectivity index (χ1v) is 2.51. The van der Waals surface area contributed by atoms with Gasteiger partial charge < -0.3 is 4.74 Å². The molecule has 0 aliphatic rings. The third-order valence-electron chi connectivity index (χ3n) is 0.669. The second-order valence-corrected chi connectivity index (χ2v) is 1.30. The molecule has 0 amide bonds. The summed E-state index contributed by atoms with van der Waals surface area (Å²) in [5.41, 5.74) is 0. The molecule has 0 aromatic rings. The maximum atomic E-state index is 8.03. The van der Waals surface area contributed by atoms with E-state index in [0.29, 0.717) is 13.0 Å². The standard InChI is InChI=1S/C6H9NO/c1-2-8-6-4-3-5-7/h2H,1,3-4,6H2. The molecule has 0 N–H and O–H groups in total. The highest BCUT2D eigenvalue weighted by Gasteiger charge is 1.80. The highest BCUT2D eigenvalue weighted by molar-refractivity contribution is 4.67. The summed E-state index contributed by atoms with van der Waals surface area (Å²) in [7, 11) is 0. The molecule has 2 nitrogen and oxygen atoms in total. The van der Waals surface area contributed by atoms with Crippen LogP contribution in [0.15, 0.2) is 12.8 Å². The fourth-order valence-corrected chi connectivity index (χ4v) is 0.318. The summed E-state index contributed by atoms with van der Waals surface area (Å²) in [5.74, 6) is 0. The molecule has 0 saturated heterocycles. The zero-order chi connectivity index (χ0) is 6.24. The van der Waals surface area contributed by atoms with Gasteiger partial charge in [0.25, 0.3) is 0 Å². The molecule has 0 radical (unpaired) electrons. The summed E-state index contributed by atoms with van der Waals surface area (Å²) in [6.45, 7) is 3.96. The van der Waals surface area contributed by atoms with Crippen LogP contribution in [0.3, 0.4) is 0 Å². The lowest BCUT2D eigenvalue weighted by molar-refractivity contribution is 0.247. The summed E-state index contributed by atoms with van der Waals surface area (Å²) in [6, 6.07) is 2.01. The van der Waals surface area contributed by atoms with Crippen molar-refractivity contribution in [1.29, 1.82) is 5.26 Å². The van der Waals surface area contributed by atoms with Crippen LogP contribution < -0.4 is 0 Å². The molecule has 0 saturated carbocycles. The Kier molecular flexibility index (Phi) is 5.30. The molecular weight excluding hydrogens is 102 g/mol. The molecule has 8 heavy (non-hydrogen) atoms. The first-order valence-electron chi connectivity index (χ1n) is 2.51. The summed E-state index contributed by atoms with van der Waals surface area (Å²) in [6.07, 6.45) is 2.74. The maximum Gasteiger partial charge on any atom is 0.0882 e. The molecule has 0 atom stereocenters. The molecule has 0 rings (SSSR count). The Labute approximate surface area is 49.4 Å². The average Bonchev–Trinajstić information content (AvgIpc) is 1.81. The minimum absolute atomic E-state index is 0.563. The average molecular weight is 111 g/mol. The highest BCUT2D eigenvalue weighted by atomic mass is 16.5. The fraction of sp³-hybridized carbons (Fsp3) is 0.500. The Hall–Kier alpha value is -0.970. The van der Waals surface area contributed by atoms with Gasteiger partial charge in [-0.3, -0.25) is 0 Å². The molecule has 0 unspecified atom stereocenters. The number of nitrogens with zero attached hydrogens (tertiary/aromatic N) is 1. The number of hydrogen-bond acceptors (Lipinski definition) is 2. The summed E-state index contributed by atoms with van der Waals surface area (Å²) < 4.78 is 4.75. The molecule has 0 fully saturated rings. The van der Waals surface area contributed by atoms with Crippen LogP contribution in [0.25, 0.3) is 0 Å². The topological polar surface area (TPSA) is 33.0 Å². The Morgan fingerprint density at radius 2 is 2.50 bits per heavy atom. The van der Waals surface area contributed by atoms with Crippen molar-refractivity contribution in [3.63, 3.8) is 0 Å². The minimum Gasteiger partial charge on any atom is -0.502 e. The van der Waals surface area contributed by atoms with Crippen molar-refractivity contribution < 1.29 is 4.74 Å². The molecule has 2 heteroatoms. The molecule has 0 aromatic carbocycles. The van der Waals surface area contributed by atoms with E-state index in [2.05, 4.69) is 6.58 Å². The Balaban J connectivity index is 2.74. The first-order chi connectivity index (χ1) is 3.91. The number of unbranched alkanes of at least 4 members (excludes halogenated alkanes) is 1. The van der Waals surface area contributed by atoms with Crippen molar-refractivity contribution in [3.05, 3.63) is 12.8 Å². The second-order valence-electron chi connectivity index (χ2n) is 1.30. The van der Waals surface area contributed by atoms with Crippen molar-refractivity contribution in [2.45, 2.75) is 12.8 Å². The van der Waals surface area contributed by atoms with Crippen LogP contribution >= 0.6 is 0 Å². The lowest BCUT2D eigenvalue weighted by Gasteiger charge is -1.92. The summed E-state index contributed by atoms with van der Waals surface area (Å²) in [4.78, 5) is 0. The van der Waals surface area contributed by atoms with Crippen LogP contribution in [0.1, 0.15) is 12.8 Å². The van der Waals surface area contributed by atoms with E-state index in [1.165, 1.54) is 6.26 Å². The quantitative estimate of drug-likeness (QED) is 0.406. The first kappa shape index (κ1) is 7.03. The predicted molar refractivity (Wildman–Crippen MR) is 31.0 cm³/mol. The molecular formula is C6H9NO. The van der Waals surface area contributed by atoms with Gasteiger partial charge in [-0.15, -0.1) is 0 Å². The summed E-state index contributed by atoms with van der Waals surface area (Å²) in [5, 5.41) is 8.03. The fourth-order valence-electron chi connectivity index (χ4n) is 0.318. The van der Waals surface area contributed by atoms with Crippen molar-refractivity contribution in [3.8, 4) is 6.07 Å². The highest BCUT2D eigenvalue weighted by Crippen LogP contribution is 1.86. The third kappa shape index (κ3) is 5.03. The van der Waals surface area contributed by atoms with E-state index < -0.39 is 0 Å². The zero-order valence-corrected chi connectivity index (χ0v) is 4.76. The van der Waals surface area contributed by atoms with Gasteiger partial charge in [0, 0.05) is 6.42 Å². The maximum absolute atomic E-state index is 8.03. The SMILES string of the molecule is C=COCCCC#N. The monoisotopic (exact) mass is 111 g/mol. The molecule has 0 aromatic heterocycles. The van der Waals surface area contributed by atoms with Gasteiger partial charge in [0.2, 0.25) is 0 Å². The van der Waals surface area contributed by atoms with E-state index in [1.807, 2.05) is 6.07 Å². The van der Waals surface area contributed by atoms with Gasteiger partial charge >= 0.3 is 0 Å². The third-order valence-corrected chi connectivity index (χ3v) is 0.669. The van der Waals surface area contributed by atoms with Crippen molar-refractivity contribution in [1.82, 2.24) is 0 Å². The van der Waals surface area contributed by atoms with Gasteiger partial charge in [0.1, 0.15) is 0 Å². The summed E-state index contributed by atoms with van der Waals surface area (Å²) >= 11 is 0. The van der Waals surface area contributed by atoms with E-state index in [1.54, 1.807) is 0 Å². The molecule has 0 aliphatic heterocycles. The molecule has 0 aliphatic carbocycles. The van der Waals surface area contributed by atoms with E-state index in [9.17, 15) is 0 Å². The largest absolute Gasteiger partial charge is 0.502 e. The zero-order valence-electron chi connectivity index (χ0n) is 4.76. The second kappa shape index (κ2) is 6.03. The lowest BCUT2D eigenvalue weighted by atomic mass is 10.4. The molecule has 0 heterocycles. The van der Waals surface area contributed by atoms with E-state index in [0.717, 1.165) is 6.42 Å². The molecule has 44 valence electrons. The predicted octanol–water partition coefficient (Wildman–Crippen LogP) is 1.45. The van der Waals surface area contributed by atoms with Crippen LogP contribution in [0.4, 0.5) is 0 Å². The lowest BCUT2D eigenvalue weighted by Crippen LogP contribution is -1.84. The van der Waals surface area contributed by atoms with E-state index in [-0.39, 0.29) is 0 Å². The Morgan fingerprint density at radius 3 is 3.00 bits per heavy atom. The van der Waals surface area contributed by atoms with Gasteiger partial charge in [-0.2, -0.15) is 5.26 Å². The van der Waals surface area contributed by atoms with Crippen LogP contribution in [-0.4, -0.2) is 6.61 Å². The van der Waals surface area contributed by atoms with Gasteiger partial charge in [0.15, 0.2) is 0 Å². The van der Waals surface area contributed by atoms with Crippen molar-refractivity contribution in [2.75, 3.05) is 6.61 Å². The number of hydrogen-bond donors (Lipinski definition) is 0. The van der Waals surface area contributed by atoms with Crippen LogP contribution in [0, 0.1) is 11.3 Å². The van der Waals surface area contributed by atoms with Gasteiger partial charge in [-0.25, -0.2) is 0 Å². The normalized spacial score (nSPS) is 7.38. The van der Waals surface area contributed by atoms with Gasteiger partial charge in [-0.1, -0.05) is 6.58 Å². The van der Waals surface area contributed by atoms with Crippen LogP contribution in [0.5, 0.6) is 0 Å². The van der Waals surface area contributed by atoms with Crippen LogP contribution in [-0.2, 0) is 4.74 Å². The Bertz CT molecular complexity index is 93.2. The smallest absolute Gasteiger partial charge is 0.0882 e. The number of ether oxygens (including phenoxy) is 1. The number of nitriles is 1. The van der Waals surface area contributed by atoms with Gasteiger partial charge in [0.05, 0.1) is 18.9 Å². The van der Waals surface area contributed by atoms with Gasteiger partial charge in [-0.05, 0) is 6.42 Å². The van der Waals surface area contributed by atoms with Crippen LogP contribution in [0.2, 0.25) is 0 Å². The number of rotatable bonds is 4. The molecule has 0 bridgehead atoms. The van der Waals surface area contributed by atoms with Crippen molar-refractivity contribution in [2.24, 2.45) is 0 Å². The van der Waals surface area contributed by atoms with E-state index >= 15 is 0 Å². The Morgan fingerprint density at radius 1 is 1.75 bits per heavy atom. The minimum atomic E-state index is 0.563. The van der Waals surface area contributed by atoms with Crippen molar-refractivity contribution >= 4 is 0 Å². The molecule has 0 spiro atoms.